The molecule has 5 aromatic carbocycles. The number of ether oxygens (including phenoxy) is 1. The molecule has 0 aliphatic carbocycles. The zero-order chi connectivity index (χ0) is 25.8. The maximum Gasteiger partial charge on any atom is 0.422 e. The quantitative estimate of drug-likeness (QED) is 0.137. The Morgan fingerprint density at radius 1 is 0.528 bits per heavy atom. The lowest BCUT2D eigenvalue weighted by Crippen LogP contribution is -2.16. The van der Waals surface area contributed by atoms with E-state index in [4.69, 9.17) is 4.74 Å². The first-order valence-corrected chi connectivity index (χ1v) is 10.7. The van der Waals surface area contributed by atoms with E-state index in [-0.39, 0.29) is 16.3 Å². The van der Waals surface area contributed by atoms with Crippen LogP contribution >= 0.6 is 0 Å². The zero-order valence-electron chi connectivity index (χ0n) is 18.5. The van der Waals surface area contributed by atoms with Gasteiger partial charge in [0, 0.05) is 5.56 Å². The molecular weight excluding hydrogens is 485 g/mol. The van der Waals surface area contributed by atoms with Crippen molar-refractivity contribution >= 4 is 21.5 Å². The minimum atomic E-state index is -5.63. The van der Waals surface area contributed by atoms with E-state index in [2.05, 4.69) is 0 Å². The van der Waals surface area contributed by atoms with E-state index in [0.717, 1.165) is 5.56 Å². The highest BCUT2D eigenvalue weighted by Crippen LogP contribution is 2.47. The van der Waals surface area contributed by atoms with Gasteiger partial charge in [0.15, 0.2) is 23.3 Å². The molecule has 0 saturated carbocycles. The van der Waals surface area contributed by atoms with Crippen LogP contribution in [0.15, 0.2) is 72.8 Å². The van der Waals surface area contributed by atoms with Crippen molar-refractivity contribution in [3.8, 4) is 28.0 Å². The van der Waals surface area contributed by atoms with Gasteiger partial charge in [-0.3, -0.25) is 0 Å². The maximum absolute atomic E-state index is 15.2. The van der Waals surface area contributed by atoms with Crippen molar-refractivity contribution in [3.05, 3.63) is 102 Å². The first kappa shape index (κ1) is 23.7. The topological polar surface area (TPSA) is 9.23 Å². The fourth-order valence-electron chi connectivity index (χ4n) is 4.57. The van der Waals surface area contributed by atoms with Gasteiger partial charge in [0.2, 0.25) is 0 Å². The molecule has 0 aromatic heterocycles. The summed E-state index contributed by atoms with van der Waals surface area (Å²) in [6.45, 7) is 0. The SMILES string of the molecule is COc1ccc(-c2c3ccccc3c(-c3c(F)c(F)c(C(F)(F)F)c(F)c3F)c3ccccc23)cc1. The summed E-state index contributed by atoms with van der Waals surface area (Å²) in [5.41, 5.74) is -2.67. The van der Waals surface area contributed by atoms with Crippen molar-refractivity contribution < 1.29 is 35.5 Å². The van der Waals surface area contributed by atoms with Gasteiger partial charge >= 0.3 is 6.18 Å². The highest BCUT2D eigenvalue weighted by Gasteiger charge is 2.42. The van der Waals surface area contributed by atoms with Gasteiger partial charge in [-0.25, -0.2) is 17.6 Å². The molecule has 0 N–H and O–H groups in total. The van der Waals surface area contributed by atoms with E-state index in [1.165, 1.54) is 19.2 Å². The van der Waals surface area contributed by atoms with Gasteiger partial charge in [0.1, 0.15) is 11.3 Å². The van der Waals surface area contributed by atoms with Crippen molar-refractivity contribution in [1.82, 2.24) is 0 Å². The van der Waals surface area contributed by atoms with Gasteiger partial charge in [-0.15, -0.1) is 0 Å². The van der Waals surface area contributed by atoms with Crippen molar-refractivity contribution in [2.24, 2.45) is 0 Å². The molecule has 0 radical (unpaired) electrons. The molecule has 0 heterocycles. The highest BCUT2D eigenvalue weighted by atomic mass is 19.4. The van der Waals surface area contributed by atoms with Crippen LogP contribution in [0.25, 0.3) is 43.8 Å². The fraction of sp³-hybridized carbons (Fsp3) is 0.0714. The summed E-state index contributed by atoms with van der Waals surface area (Å²) in [4.78, 5) is 0. The summed E-state index contributed by atoms with van der Waals surface area (Å²) in [5, 5.41) is 1.38. The average molecular weight is 500 g/mol. The largest absolute Gasteiger partial charge is 0.497 e. The third-order valence-corrected chi connectivity index (χ3v) is 6.11. The number of hydrogen-bond acceptors (Lipinski definition) is 1. The van der Waals surface area contributed by atoms with Crippen LogP contribution in [0.5, 0.6) is 5.75 Å². The van der Waals surface area contributed by atoms with Crippen LogP contribution in [-0.4, -0.2) is 7.11 Å². The lowest BCUT2D eigenvalue weighted by atomic mass is 9.85. The van der Waals surface area contributed by atoms with Crippen LogP contribution in [0.1, 0.15) is 5.56 Å². The van der Waals surface area contributed by atoms with Gasteiger partial charge in [-0.2, -0.15) is 13.2 Å². The number of hydrogen-bond donors (Lipinski definition) is 0. The Balaban J connectivity index is 1.96. The number of benzene rings is 5. The monoisotopic (exact) mass is 500 g/mol. The second-order valence-corrected chi connectivity index (χ2v) is 8.07. The zero-order valence-corrected chi connectivity index (χ0v) is 18.5. The van der Waals surface area contributed by atoms with Gasteiger partial charge < -0.3 is 4.74 Å². The molecule has 0 amide bonds. The lowest BCUT2D eigenvalue weighted by molar-refractivity contribution is -0.143. The second-order valence-electron chi connectivity index (χ2n) is 8.07. The van der Waals surface area contributed by atoms with E-state index in [1.807, 2.05) is 0 Å². The number of fused-ring (bicyclic) bond motifs is 2. The van der Waals surface area contributed by atoms with E-state index < -0.39 is 40.6 Å². The smallest absolute Gasteiger partial charge is 0.422 e. The summed E-state index contributed by atoms with van der Waals surface area (Å²) < 4.78 is 104. The van der Waals surface area contributed by atoms with Gasteiger partial charge in [0.05, 0.1) is 12.7 Å². The molecule has 0 unspecified atom stereocenters. The highest BCUT2D eigenvalue weighted by molar-refractivity contribution is 6.21. The molecule has 182 valence electrons. The van der Waals surface area contributed by atoms with E-state index >= 15 is 8.78 Å². The lowest BCUT2D eigenvalue weighted by Gasteiger charge is -2.20. The van der Waals surface area contributed by atoms with Gasteiger partial charge in [-0.05, 0) is 44.8 Å². The van der Waals surface area contributed by atoms with Crippen LogP contribution in [-0.2, 0) is 6.18 Å². The van der Waals surface area contributed by atoms with Crippen LogP contribution in [0.2, 0.25) is 0 Å². The second kappa shape index (κ2) is 8.55. The number of halogens is 7. The molecule has 5 rings (SSSR count). The summed E-state index contributed by atoms with van der Waals surface area (Å²) >= 11 is 0. The normalized spacial score (nSPS) is 11.9. The van der Waals surface area contributed by atoms with Crippen LogP contribution in [0, 0.1) is 23.3 Å². The Morgan fingerprint density at radius 3 is 1.33 bits per heavy atom. The Labute approximate surface area is 200 Å². The molecule has 8 heteroatoms. The standard InChI is InChI=1S/C28H15F7O/c1-36-15-12-10-14(11-13-15)20-16-6-2-4-8-18(16)21(19-9-5-3-7-17(19)20)22-24(29)26(31)23(28(33,34)35)27(32)25(22)30/h2-13H,1H3. The van der Waals surface area contributed by atoms with Crippen LogP contribution in [0.4, 0.5) is 30.7 Å². The minimum Gasteiger partial charge on any atom is -0.497 e. The predicted octanol–water partition coefficient (Wildman–Crippen LogP) is 8.91. The molecule has 36 heavy (non-hydrogen) atoms. The molecule has 0 saturated heterocycles. The summed E-state index contributed by atoms with van der Waals surface area (Å²) in [7, 11) is 1.51. The van der Waals surface area contributed by atoms with Crippen molar-refractivity contribution in [2.75, 3.05) is 7.11 Å². The van der Waals surface area contributed by atoms with Crippen LogP contribution in [0.3, 0.4) is 0 Å². The average Bonchev–Trinajstić information content (AvgIpc) is 2.86. The molecule has 0 fully saturated rings. The Hall–Kier alpha value is -4.07. The summed E-state index contributed by atoms with van der Waals surface area (Å²) in [5.74, 6) is -8.63. The molecule has 0 aliphatic rings. The fourth-order valence-corrected chi connectivity index (χ4v) is 4.57. The predicted molar refractivity (Wildman–Crippen MR) is 124 cm³/mol. The Kier molecular flexibility index (Phi) is 5.62. The van der Waals surface area contributed by atoms with E-state index in [1.54, 1.807) is 60.7 Å². The van der Waals surface area contributed by atoms with E-state index in [9.17, 15) is 22.0 Å². The summed E-state index contributed by atoms with van der Waals surface area (Å²) in [6.07, 6.45) is -5.63. The van der Waals surface area contributed by atoms with Crippen molar-refractivity contribution in [2.45, 2.75) is 6.18 Å². The Morgan fingerprint density at radius 2 is 0.944 bits per heavy atom. The number of methoxy groups -OCH3 is 1. The van der Waals surface area contributed by atoms with Crippen molar-refractivity contribution in [3.63, 3.8) is 0 Å². The maximum atomic E-state index is 15.2. The molecule has 0 spiro atoms. The molecule has 0 bridgehead atoms. The van der Waals surface area contributed by atoms with Crippen molar-refractivity contribution in [1.29, 1.82) is 0 Å². The summed E-state index contributed by atoms with van der Waals surface area (Å²) in [6, 6.07) is 19.8. The number of alkyl halides is 3. The molecule has 1 nitrogen and oxygen atoms in total. The minimum absolute atomic E-state index is 0.207. The first-order chi connectivity index (χ1) is 17.1. The molecule has 5 aromatic rings. The van der Waals surface area contributed by atoms with E-state index in [0.29, 0.717) is 22.1 Å². The third kappa shape index (κ3) is 3.56. The molecular formula is C28H15F7O. The van der Waals surface area contributed by atoms with Crippen LogP contribution < -0.4 is 4.74 Å². The molecule has 0 aliphatic heterocycles. The van der Waals surface area contributed by atoms with Gasteiger partial charge in [0.25, 0.3) is 0 Å². The first-order valence-electron chi connectivity index (χ1n) is 10.7. The number of rotatable bonds is 3. The third-order valence-electron chi connectivity index (χ3n) is 6.11. The van der Waals surface area contributed by atoms with Gasteiger partial charge in [-0.1, -0.05) is 60.7 Å². The Bertz CT molecular complexity index is 1550. The molecule has 0 atom stereocenters.